The SMILES string of the molecule is N[C@@H](CCC(=O)C[C@H]1CSCC(C(=O)O)NC1=O)C(=O)O. The van der Waals surface area contributed by atoms with E-state index in [0.717, 1.165) is 0 Å². The molecular weight excluding hydrogens is 300 g/mol. The first-order chi connectivity index (χ1) is 9.81. The van der Waals surface area contributed by atoms with Crippen LogP contribution in [0.15, 0.2) is 0 Å². The van der Waals surface area contributed by atoms with Gasteiger partial charge in [-0.2, -0.15) is 11.8 Å². The highest BCUT2D eigenvalue weighted by molar-refractivity contribution is 7.99. The van der Waals surface area contributed by atoms with Gasteiger partial charge in [-0.05, 0) is 6.42 Å². The maximum absolute atomic E-state index is 11.9. The summed E-state index contributed by atoms with van der Waals surface area (Å²) in [5, 5.41) is 19.9. The number of Topliss-reactive ketones (excluding diaryl/α,β-unsaturated/α-hetero) is 1. The summed E-state index contributed by atoms with van der Waals surface area (Å²) in [4.78, 5) is 45.0. The average molecular weight is 318 g/mol. The Morgan fingerprint density at radius 2 is 2.00 bits per heavy atom. The van der Waals surface area contributed by atoms with Crippen LogP contribution in [0.25, 0.3) is 0 Å². The number of hydrogen-bond acceptors (Lipinski definition) is 6. The van der Waals surface area contributed by atoms with E-state index < -0.39 is 35.8 Å². The lowest BCUT2D eigenvalue weighted by Crippen LogP contribution is -2.43. The fourth-order valence-electron chi connectivity index (χ4n) is 1.84. The third-order valence-electron chi connectivity index (χ3n) is 3.11. The zero-order chi connectivity index (χ0) is 16.0. The van der Waals surface area contributed by atoms with Gasteiger partial charge in [-0.15, -0.1) is 0 Å². The van der Waals surface area contributed by atoms with Gasteiger partial charge in [-0.25, -0.2) is 4.79 Å². The molecule has 3 atom stereocenters. The molecule has 0 aliphatic carbocycles. The van der Waals surface area contributed by atoms with Crippen molar-refractivity contribution in [3.63, 3.8) is 0 Å². The van der Waals surface area contributed by atoms with E-state index in [4.69, 9.17) is 15.9 Å². The first-order valence-electron chi connectivity index (χ1n) is 6.42. The molecule has 0 aromatic rings. The lowest BCUT2D eigenvalue weighted by atomic mass is 9.99. The molecule has 0 aromatic carbocycles. The number of carboxylic acids is 2. The Morgan fingerprint density at radius 1 is 1.33 bits per heavy atom. The van der Waals surface area contributed by atoms with Crippen molar-refractivity contribution in [2.75, 3.05) is 11.5 Å². The molecule has 1 amide bonds. The van der Waals surface area contributed by atoms with Crippen molar-refractivity contribution in [1.29, 1.82) is 0 Å². The van der Waals surface area contributed by atoms with Crippen LogP contribution in [0.3, 0.4) is 0 Å². The standard InChI is InChI=1S/C12H18N2O6S/c13-8(11(17)18)2-1-7(15)3-6-4-21-5-9(12(19)20)14-10(6)16/h6,8-9H,1-5,13H2,(H,14,16)(H,17,18)(H,19,20)/t6-,8-,9?/m0/s1. The summed E-state index contributed by atoms with van der Waals surface area (Å²) < 4.78 is 0. The minimum Gasteiger partial charge on any atom is -0.480 e. The Morgan fingerprint density at radius 3 is 2.57 bits per heavy atom. The molecule has 0 spiro atoms. The quantitative estimate of drug-likeness (QED) is 0.471. The number of carbonyl (C=O) groups excluding carboxylic acids is 2. The molecule has 1 unspecified atom stereocenters. The molecule has 1 aliphatic heterocycles. The number of carboxylic acid groups (broad SMARTS) is 2. The third kappa shape index (κ3) is 5.72. The van der Waals surface area contributed by atoms with E-state index in [-0.39, 0.29) is 30.8 Å². The topological polar surface area (TPSA) is 147 Å². The molecule has 118 valence electrons. The number of nitrogens with one attached hydrogen (secondary N) is 1. The van der Waals surface area contributed by atoms with Crippen molar-refractivity contribution in [3.8, 4) is 0 Å². The molecule has 9 heteroatoms. The van der Waals surface area contributed by atoms with Gasteiger partial charge >= 0.3 is 11.9 Å². The summed E-state index contributed by atoms with van der Waals surface area (Å²) in [6.07, 6.45) is -0.0187. The van der Waals surface area contributed by atoms with E-state index in [1.54, 1.807) is 0 Å². The highest BCUT2D eigenvalue weighted by atomic mass is 32.2. The van der Waals surface area contributed by atoms with Crippen LogP contribution < -0.4 is 11.1 Å². The van der Waals surface area contributed by atoms with Crippen LogP contribution in [0.5, 0.6) is 0 Å². The van der Waals surface area contributed by atoms with Crippen LogP contribution in [-0.2, 0) is 19.2 Å². The molecule has 1 saturated heterocycles. The Balaban J connectivity index is 2.46. The summed E-state index contributed by atoms with van der Waals surface area (Å²) in [6.45, 7) is 0. The number of ketones is 1. The highest BCUT2D eigenvalue weighted by Crippen LogP contribution is 2.19. The minimum atomic E-state index is -1.17. The largest absolute Gasteiger partial charge is 0.480 e. The number of amides is 1. The van der Waals surface area contributed by atoms with Crippen LogP contribution >= 0.6 is 11.8 Å². The molecule has 0 bridgehead atoms. The number of rotatable bonds is 7. The van der Waals surface area contributed by atoms with E-state index in [1.807, 2.05) is 0 Å². The van der Waals surface area contributed by atoms with Gasteiger partial charge in [0.15, 0.2) is 0 Å². The van der Waals surface area contributed by atoms with Gasteiger partial charge in [-0.3, -0.25) is 14.4 Å². The van der Waals surface area contributed by atoms with Crippen molar-refractivity contribution < 1.29 is 29.4 Å². The van der Waals surface area contributed by atoms with Crippen LogP contribution in [0, 0.1) is 5.92 Å². The molecule has 0 aromatic heterocycles. The molecule has 1 rings (SSSR count). The number of nitrogens with two attached hydrogens (primary N) is 1. The third-order valence-corrected chi connectivity index (χ3v) is 4.32. The van der Waals surface area contributed by atoms with Crippen molar-refractivity contribution in [1.82, 2.24) is 5.32 Å². The second-order valence-corrected chi connectivity index (χ2v) is 5.93. The first kappa shape index (κ1) is 17.4. The molecule has 21 heavy (non-hydrogen) atoms. The van der Waals surface area contributed by atoms with Gasteiger partial charge in [0, 0.05) is 24.3 Å². The monoisotopic (exact) mass is 318 g/mol. The van der Waals surface area contributed by atoms with Gasteiger partial charge < -0.3 is 21.3 Å². The Kier molecular flexibility index (Phi) is 6.63. The van der Waals surface area contributed by atoms with Crippen molar-refractivity contribution >= 4 is 35.4 Å². The van der Waals surface area contributed by atoms with Crippen LogP contribution in [-0.4, -0.2) is 57.4 Å². The number of hydrogen-bond donors (Lipinski definition) is 4. The molecule has 0 radical (unpaired) electrons. The van der Waals surface area contributed by atoms with Gasteiger partial charge in [0.25, 0.3) is 0 Å². The predicted octanol–water partition coefficient (Wildman–Crippen LogP) is -0.930. The Bertz CT molecular complexity index is 441. The van der Waals surface area contributed by atoms with Crippen molar-refractivity contribution in [2.45, 2.75) is 31.3 Å². The highest BCUT2D eigenvalue weighted by Gasteiger charge is 2.30. The Hall–Kier alpha value is -1.61. The van der Waals surface area contributed by atoms with E-state index in [2.05, 4.69) is 5.32 Å². The minimum absolute atomic E-state index is 0.00965. The number of carbonyl (C=O) groups is 4. The van der Waals surface area contributed by atoms with Crippen LogP contribution in [0.2, 0.25) is 0 Å². The van der Waals surface area contributed by atoms with Crippen molar-refractivity contribution in [2.24, 2.45) is 11.7 Å². The molecule has 8 nitrogen and oxygen atoms in total. The zero-order valence-corrected chi connectivity index (χ0v) is 12.1. The molecule has 1 fully saturated rings. The maximum atomic E-state index is 11.9. The van der Waals surface area contributed by atoms with Gasteiger partial charge in [-0.1, -0.05) is 0 Å². The zero-order valence-electron chi connectivity index (χ0n) is 11.3. The van der Waals surface area contributed by atoms with E-state index >= 15 is 0 Å². The molecule has 5 N–H and O–H groups in total. The van der Waals surface area contributed by atoms with Crippen molar-refractivity contribution in [3.05, 3.63) is 0 Å². The summed E-state index contributed by atoms with van der Waals surface area (Å²) in [5.41, 5.74) is 5.30. The lowest BCUT2D eigenvalue weighted by molar-refractivity contribution is -0.141. The predicted molar refractivity (Wildman–Crippen MR) is 74.9 cm³/mol. The number of thioether (sulfide) groups is 1. The Labute approximate surface area is 125 Å². The molecule has 1 heterocycles. The first-order valence-corrected chi connectivity index (χ1v) is 7.57. The van der Waals surface area contributed by atoms with Gasteiger partial charge in [0.1, 0.15) is 17.9 Å². The fourth-order valence-corrected chi connectivity index (χ4v) is 2.99. The second kappa shape index (κ2) is 7.99. The lowest BCUT2D eigenvalue weighted by Gasteiger charge is -2.13. The maximum Gasteiger partial charge on any atom is 0.327 e. The van der Waals surface area contributed by atoms with E-state index in [1.165, 1.54) is 11.8 Å². The van der Waals surface area contributed by atoms with Crippen LogP contribution in [0.4, 0.5) is 0 Å². The van der Waals surface area contributed by atoms with E-state index in [9.17, 15) is 19.2 Å². The average Bonchev–Trinajstić information content (AvgIpc) is 2.58. The second-order valence-electron chi connectivity index (χ2n) is 4.86. The van der Waals surface area contributed by atoms with Gasteiger partial charge in [0.05, 0.1) is 5.92 Å². The summed E-state index contributed by atoms with van der Waals surface area (Å²) in [7, 11) is 0. The number of aliphatic carboxylic acids is 2. The smallest absolute Gasteiger partial charge is 0.327 e. The fraction of sp³-hybridized carbons (Fsp3) is 0.667. The molecule has 1 aliphatic rings. The van der Waals surface area contributed by atoms with E-state index in [0.29, 0.717) is 5.75 Å². The molecular formula is C12H18N2O6S. The normalized spacial score (nSPS) is 23.8. The van der Waals surface area contributed by atoms with Crippen LogP contribution in [0.1, 0.15) is 19.3 Å². The molecule has 0 saturated carbocycles. The summed E-state index contributed by atoms with van der Waals surface area (Å²) >= 11 is 1.30. The summed E-state index contributed by atoms with van der Waals surface area (Å²) in [6, 6.07) is -2.04. The summed E-state index contributed by atoms with van der Waals surface area (Å²) in [5.74, 6) is -2.94. The van der Waals surface area contributed by atoms with Gasteiger partial charge in [0.2, 0.25) is 5.91 Å².